The molecule has 0 heterocycles. The number of hydrogen-bond donors (Lipinski definition) is 1. The van der Waals surface area contributed by atoms with Crippen molar-refractivity contribution in [2.24, 2.45) is 0 Å². The minimum absolute atomic E-state index is 0.198. The highest BCUT2D eigenvalue weighted by Gasteiger charge is 2.08. The van der Waals surface area contributed by atoms with Crippen LogP contribution in [-0.2, 0) is 11.3 Å². The van der Waals surface area contributed by atoms with Gasteiger partial charge in [0.05, 0.1) is 7.11 Å². The summed E-state index contributed by atoms with van der Waals surface area (Å²) in [7, 11) is 1.61. The molecular weight excluding hydrogens is 368 g/mol. The Morgan fingerprint density at radius 3 is 2.50 bits per heavy atom. The topological polar surface area (TPSA) is 62.1 Å². The Morgan fingerprint density at radius 2 is 1.88 bits per heavy atom. The van der Waals surface area contributed by atoms with Gasteiger partial charge in [-0.1, -0.05) is 53.4 Å². The Bertz CT molecular complexity index is 562. The maximum absolute atomic E-state index is 12.0. The molecule has 0 aliphatic rings. The monoisotopic (exact) mass is 392 g/mol. The second-order valence-corrected chi connectivity index (χ2v) is 6.30. The number of methoxy groups -OCH3 is 1. The maximum atomic E-state index is 12.0. The van der Waals surface area contributed by atoms with E-state index in [9.17, 15) is 4.79 Å². The first kappa shape index (κ1) is 20.2. The number of carbonyl (C=O) groups is 1. The summed E-state index contributed by atoms with van der Waals surface area (Å²) in [6, 6.07) is 9.46. The molecule has 130 valence electrons. The van der Waals surface area contributed by atoms with Crippen molar-refractivity contribution in [3.05, 3.63) is 41.5 Å². The Hall–Kier alpha value is -1.80. The standard InChI is InChI=1S/C19H25BrN2O2/c1-24-18-11-9-16(10-12-18)15-22-19(23)17(14-21)8-6-4-2-3-5-7-13-20/h8-12H,2-7,13,15H2,1H3,(H,22,23). The van der Waals surface area contributed by atoms with Crippen LogP contribution in [-0.4, -0.2) is 18.3 Å². The molecule has 1 amide bonds. The number of allylic oxidation sites excluding steroid dienone is 1. The fourth-order valence-electron chi connectivity index (χ4n) is 2.23. The number of carbonyl (C=O) groups excluding carboxylic acids is 1. The zero-order chi connectivity index (χ0) is 17.6. The SMILES string of the molecule is COc1ccc(CNC(=O)C(C#N)=CCCCCCCCBr)cc1. The molecule has 1 aromatic rings. The van der Waals surface area contributed by atoms with E-state index in [4.69, 9.17) is 10.00 Å². The number of rotatable bonds is 11. The average molecular weight is 393 g/mol. The molecule has 1 rings (SSSR count). The van der Waals surface area contributed by atoms with Gasteiger partial charge < -0.3 is 10.1 Å². The van der Waals surface area contributed by atoms with Gasteiger partial charge in [0.1, 0.15) is 17.4 Å². The quantitative estimate of drug-likeness (QED) is 0.261. The van der Waals surface area contributed by atoms with Crippen molar-refractivity contribution < 1.29 is 9.53 Å². The Labute approximate surface area is 153 Å². The van der Waals surface area contributed by atoms with E-state index in [1.807, 2.05) is 30.3 Å². The van der Waals surface area contributed by atoms with Crippen molar-refractivity contribution in [2.75, 3.05) is 12.4 Å². The molecule has 0 bridgehead atoms. The van der Waals surface area contributed by atoms with Crippen molar-refractivity contribution in [1.29, 1.82) is 5.26 Å². The number of alkyl halides is 1. The van der Waals surface area contributed by atoms with Crippen LogP contribution >= 0.6 is 15.9 Å². The number of halogens is 1. The number of amides is 1. The van der Waals surface area contributed by atoms with Gasteiger partial charge in [0.25, 0.3) is 5.91 Å². The summed E-state index contributed by atoms with van der Waals surface area (Å²) in [6.45, 7) is 0.397. The van der Waals surface area contributed by atoms with Gasteiger partial charge in [-0.25, -0.2) is 0 Å². The van der Waals surface area contributed by atoms with Gasteiger partial charge in [-0.15, -0.1) is 0 Å². The lowest BCUT2D eigenvalue weighted by Gasteiger charge is -2.06. The molecule has 5 heteroatoms. The molecule has 0 saturated heterocycles. The lowest BCUT2D eigenvalue weighted by molar-refractivity contribution is -0.117. The van der Waals surface area contributed by atoms with Crippen LogP contribution in [0.25, 0.3) is 0 Å². The van der Waals surface area contributed by atoms with Crippen LogP contribution in [0.3, 0.4) is 0 Å². The Morgan fingerprint density at radius 1 is 1.21 bits per heavy atom. The first-order chi connectivity index (χ1) is 11.7. The molecule has 1 N–H and O–H groups in total. The number of nitrogens with one attached hydrogen (secondary N) is 1. The van der Waals surface area contributed by atoms with Gasteiger partial charge >= 0.3 is 0 Å². The van der Waals surface area contributed by atoms with Crippen LogP contribution in [0, 0.1) is 11.3 Å². The Kier molecular flexibility index (Phi) is 10.6. The molecule has 0 aliphatic heterocycles. The minimum Gasteiger partial charge on any atom is -0.497 e. The molecule has 0 saturated carbocycles. The van der Waals surface area contributed by atoms with Crippen LogP contribution in [0.15, 0.2) is 35.9 Å². The summed E-state index contributed by atoms with van der Waals surface area (Å²) < 4.78 is 5.09. The lowest BCUT2D eigenvalue weighted by Crippen LogP contribution is -2.24. The van der Waals surface area contributed by atoms with Crippen molar-refractivity contribution in [1.82, 2.24) is 5.32 Å². The highest BCUT2D eigenvalue weighted by atomic mass is 79.9. The molecule has 24 heavy (non-hydrogen) atoms. The molecular formula is C19H25BrN2O2. The van der Waals surface area contributed by atoms with E-state index in [-0.39, 0.29) is 11.5 Å². The fraction of sp³-hybridized carbons (Fsp3) is 0.474. The van der Waals surface area contributed by atoms with E-state index in [0.29, 0.717) is 6.54 Å². The van der Waals surface area contributed by atoms with E-state index in [1.165, 1.54) is 19.3 Å². The normalized spacial score (nSPS) is 11.0. The van der Waals surface area contributed by atoms with Crippen molar-refractivity contribution in [3.8, 4) is 11.8 Å². The van der Waals surface area contributed by atoms with Crippen LogP contribution in [0.2, 0.25) is 0 Å². The summed E-state index contributed by atoms with van der Waals surface area (Å²) in [4.78, 5) is 12.0. The molecule has 0 fully saturated rings. The highest BCUT2D eigenvalue weighted by Crippen LogP contribution is 2.11. The second kappa shape index (κ2) is 12.6. The van der Waals surface area contributed by atoms with Crippen molar-refractivity contribution in [2.45, 2.75) is 45.1 Å². The molecule has 0 radical (unpaired) electrons. The van der Waals surface area contributed by atoms with Crippen LogP contribution < -0.4 is 10.1 Å². The zero-order valence-electron chi connectivity index (χ0n) is 14.2. The number of hydrogen-bond acceptors (Lipinski definition) is 3. The van der Waals surface area contributed by atoms with Gasteiger partial charge in [0.2, 0.25) is 0 Å². The zero-order valence-corrected chi connectivity index (χ0v) is 15.8. The number of ether oxygens (including phenoxy) is 1. The third-order valence-electron chi connectivity index (χ3n) is 3.66. The van der Waals surface area contributed by atoms with Gasteiger partial charge in [-0.05, 0) is 37.0 Å². The molecule has 0 aromatic heterocycles. The molecule has 0 spiro atoms. The number of benzene rings is 1. The van der Waals surface area contributed by atoms with Crippen molar-refractivity contribution in [3.63, 3.8) is 0 Å². The van der Waals surface area contributed by atoms with E-state index in [2.05, 4.69) is 21.2 Å². The maximum Gasteiger partial charge on any atom is 0.261 e. The molecule has 0 aliphatic carbocycles. The first-order valence-electron chi connectivity index (χ1n) is 8.28. The van der Waals surface area contributed by atoms with E-state index in [0.717, 1.165) is 35.9 Å². The third kappa shape index (κ3) is 8.16. The third-order valence-corrected chi connectivity index (χ3v) is 4.22. The summed E-state index contributed by atoms with van der Waals surface area (Å²) in [5.41, 5.74) is 1.16. The summed E-state index contributed by atoms with van der Waals surface area (Å²) in [6.07, 6.45) is 8.29. The lowest BCUT2D eigenvalue weighted by atomic mass is 10.1. The van der Waals surface area contributed by atoms with Crippen LogP contribution in [0.5, 0.6) is 5.75 Å². The van der Waals surface area contributed by atoms with E-state index in [1.54, 1.807) is 13.2 Å². The fourth-order valence-corrected chi connectivity index (χ4v) is 2.62. The highest BCUT2D eigenvalue weighted by molar-refractivity contribution is 9.09. The van der Waals surface area contributed by atoms with Gasteiger partial charge in [-0.2, -0.15) is 5.26 Å². The summed E-state index contributed by atoms with van der Waals surface area (Å²) >= 11 is 3.42. The Balaban J connectivity index is 2.34. The predicted molar refractivity (Wildman–Crippen MR) is 100 cm³/mol. The van der Waals surface area contributed by atoms with Gasteiger partial charge in [0, 0.05) is 11.9 Å². The number of nitrogens with zero attached hydrogens (tertiary/aromatic N) is 1. The first-order valence-corrected chi connectivity index (χ1v) is 9.40. The van der Waals surface area contributed by atoms with Crippen molar-refractivity contribution >= 4 is 21.8 Å². The van der Waals surface area contributed by atoms with Crippen LogP contribution in [0.1, 0.15) is 44.1 Å². The van der Waals surface area contributed by atoms with Crippen LogP contribution in [0.4, 0.5) is 0 Å². The smallest absolute Gasteiger partial charge is 0.261 e. The molecule has 0 unspecified atom stereocenters. The average Bonchev–Trinajstić information content (AvgIpc) is 2.62. The minimum atomic E-state index is -0.312. The second-order valence-electron chi connectivity index (χ2n) is 5.51. The van der Waals surface area contributed by atoms with E-state index < -0.39 is 0 Å². The summed E-state index contributed by atoms with van der Waals surface area (Å²) in [5.74, 6) is 0.464. The number of unbranched alkanes of at least 4 members (excludes halogenated alkanes) is 5. The molecule has 1 aromatic carbocycles. The molecule has 0 atom stereocenters. The van der Waals surface area contributed by atoms with Gasteiger partial charge in [0.15, 0.2) is 0 Å². The number of nitriles is 1. The van der Waals surface area contributed by atoms with Gasteiger partial charge in [-0.3, -0.25) is 4.79 Å². The van der Waals surface area contributed by atoms with E-state index >= 15 is 0 Å². The largest absolute Gasteiger partial charge is 0.497 e. The molecule has 4 nitrogen and oxygen atoms in total. The summed E-state index contributed by atoms with van der Waals surface area (Å²) in [5, 5.41) is 13.0. The predicted octanol–water partition coefficient (Wildman–Crippen LogP) is 4.50.